The Morgan fingerprint density at radius 3 is 2.05 bits per heavy atom. The van der Waals surface area contributed by atoms with Crippen LogP contribution in [0.3, 0.4) is 0 Å². The molecule has 2 aromatic carbocycles. The molecular weight excluding hydrogens is 332 g/mol. The van der Waals surface area contributed by atoms with Gasteiger partial charge in [0.1, 0.15) is 17.5 Å². The lowest BCUT2D eigenvalue weighted by molar-refractivity contribution is 0.587. The summed E-state index contributed by atoms with van der Waals surface area (Å²) in [5, 5.41) is -1.34. The molecule has 0 heterocycles. The largest absolute Gasteiger partial charge is 0.207 e. The van der Waals surface area contributed by atoms with Gasteiger partial charge in [0.25, 0.3) is 0 Å². The Labute approximate surface area is 129 Å². The summed E-state index contributed by atoms with van der Waals surface area (Å²) in [5.41, 5.74) is 0.499. The van der Waals surface area contributed by atoms with Gasteiger partial charge in [-0.15, -0.1) is 11.6 Å². The number of hydrogen-bond acceptors (Lipinski definition) is 0. The van der Waals surface area contributed by atoms with Gasteiger partial charge in [-0.05, 0) is 42.3 Å². The molecule has 20 heavy (non-hydrogen) atoms. The second kappa shape index (κ2) is 5.84. The van der Waals surface area contributed by atoms with Crippen molar-refractivity contribution in [1.82, 2.24) is 0 Å². The highest BCUT2D eigenvalue weighted by Gasteiger charge is 2.21. The van der Waals surface area contributed by atoms with E-state index in [9.17, 15) is 13.2 Å². The van der Waals surface area contributed by atoms with E-state index in [1.807, 2.05) is 0 Å². The van der Waals surface area contributed by atoms with Gasteiger partial charge < -0.3 is 0 Å². The summed E-state index contributed by atoms with van der Waals surface area (Å²) in [6.07, 6.45) is 0. The molecule has 6 heteroatoms. The van der Waals surface area contributed by atoms with Crippen LogP contribution in [0.15, 0.2) is 24.3 Å². The van der Waals surface area contributed by atoms with Crippen LogP contribution in [-0.2, 0) is 0 Å². The summed E-state index contributed by atoms with van der Waals surface area (Å²) in [4.78, 5) is 0. The maximum absolute atomic E-state index is 13.8. The summed E-state index contributed by atoms with van der Waals surface area (Å²) >= 11 is 17.5. The molecular formula is C14H8Cl3F3. The Hall–Kier alpha value is -0.900. The van der Waals surface area contributed by atoms with Gasteiger partial charge in [-0.1, -0.05) is 23.2 Å². The van der Waals surface area contributed by atoms with Gasteiger partial charge in [0.2, 0.25) is 0 Å². The number of aryl methyl sites for hydroxylation is 1. The van der Waals surface area contributed by atoms with Gasteiger partial charge in [-0.3, -0.25) is 0 Å². The summed E-state index contributed by atoms with van der Waals surface area (Å²) in [6.45, 7) is 1.53. The molecule has 0 nitrogen and oxygen atoms in total. The number of hydrogen-bond donors (Lipinski definition) is 0. The van der Waals surface area contributed by atoms with Gasteiger partial charge >= 0.3 is 0 Å². The molecule has 2 aromatic rings. The quantitative estimate of drug-likeness (QED) is 0.462. The molecule has 0 N–H and O–H groups in total. The molecule has 106 valence electrons. The third kappa shape index (κ3) is 2.90. The minimum absolute atomic E-state index is 0.0443. The SMILES string of the molecule is Cc1cc(C(Cl)c2cc(F)c(Cl)cc2F)c(Cl)cc1F. The first kappa shape index (κ1) is 15.5. The van der Waals surface area contributed by atoms with E-state index in [1.165, 1.54) is 13.0 Å². The van der Waals surface area contributed by atoms with E-state index in [0.717, 1.165) is 18.2 Å². The fourth-order valence-electron chi connectivity index (χ4n) is 1.77. The summed E-state index contributed by atoms with van der Waals surface area (Å²) in [5.74, 6) is -2.04. The lowest BCUT2D eigenvalue weighted by Gasteiger charge is -2.15. The Bertz CT molecular complexity index is 614. The van der Waals surface area contributed by atoms with Crippen LogP contribution in [0.4, 0.5) is 13.2 Å². The van der Waals surface area contributed by atoms with Crippen molar-refractivity contribution in [2.75, 3.05) is 0 Å². The van der Waals surface area contributed by atoms with E-state index < -0.39 is 22.8 Å². The summed E-state index contributed by atoms with van der Waals surface area (Å²) in [7, 11) is 0. The summed E-state index contributed by atoms with van der Waals surface area (Å²) < 4.78 is 40.6. The standard InChI is InChI=1S/C14H8Cl3F3/c1-6-2-7(9(15)4-11(6)18)14(17)8-3-13(20)10(16)5-12(8)19/h2-5,14H,1H3. The molecule has 0 aliphatic carbocycles. The predicted molar refractivity (Wildman–Crippen MR) is 75.2 cm³/mol. The van der Waals surface area contributed by atoms with Gasteiger partial charge in [0, 0.05) is 10.6 Å². The Kier molecular flexibility index (Phi) is 4.52. The highest BCUT2D eigenvalue weighted by molar-refractivity contribution is 6.33. The Balaban J connectivity index is 2.54. The lowest BCUT2D eigenvalue weighted by atomic mass is 10.0. The minimum Gasteiger partial charge on any atom is -0.207 e. The maximum atomic E-state index is 13.8. The second-order valence-electron chi connectivity index (χ2n) is 4.27. The van der Waals surface area contributed by atoms with Crippen LogP contribution in [0, 0.1) is 24.4 Å². The molecule has 1 atom stereocenters. The average molecular weight is 340 g/mol. The van der Waals surface area contributed by atoms with E-state index >= 15 is 0 Å². The molecule has 0 fully saturated rings. The minimum atomic E-state index is -1.05. The molecule has 0 saturated carbocycles. The second-order valence-corrected chi connectivity index (χ2v) is 5.52. The Morgan fingerprint density at radius 1 is 0.800 bits per heavy atom. The first-order chi connectivity index (χ1) is 9.31. The van der Waals surface area contributed by atoms with Crippen LogP contribution in [0.2, 0.25) is 10.0 Å². The zero-order valence-electron chi connectivity index (χ0n) is 10.2. The van der Waals surface area contributed by atoms with Crippen LogP contribution in [0.25, 0.3) is 0 Å². The fraction of sp³-hybridized carbons (Fsp3) is 0.143. The Morgan fingerprint density at radius 2 is 1.40 bits per heavy atom. The molecule has 1 unspecified atom stereocenters. The average Bonchev–Trinajstić information content (AvgIpc) is 2.37. The number of halogens is 6. The lowest BCUT2D eigenvalue weighted by Crippen LogP contribution is -2.01. The van der Waals surface area contributed by atoms with Crippen LogP contribution in [0.1, 0.15) is 22.1 Å². The van der Waals surface area contributed by atoms with Crippen LogP contribution < -0.4 is 0 Å². The molecule has 0 amide bonds. The van der Waals surface area contributed by atoms with Gasteiger partial charge in [-0.25, -0.2) is 13.2 Å². The topological polar surface area (TPSA) is 0 Å². The molecule has 0 bridgehead atoms. The van der Waals surface area contributed by atoms with Crippen molar-refractivity contribution in [2.45, 2.75) is 12.3 Å². The predicted octanol–water partition coefficient (Wildman–Crippen LogP) is 6.05. The van der Waals surface area contributed by atoms with E-state index in [2.05, 4.69) is 0 Å². The molecule has 0 aliphatic rings. The number of benzene rings is 2. The van der Waals surface area contributed by atoms with Crippen LogP contribution in [0.5, 0.6) is 0 Å². The van der Waals surface area contributed by atoms with Crippen LogP contribution >= 0.6 is 34.8 Å². The van der Waals surface area contributed by atoms with E-state index in [4.69, 9.17) is 34.8 Å². The van der Waals surface area contributed by atoms with Crippen LogP contribution in [-0.4, -0.2) is 0 Å². The van der Waals surface area contributed by atoms with Crippen molar-refractivity contribution < 1.29 is 13.2 Å². The highest BCUT2D eigenvalue weighted by atomic mass is 35.5. The van der Waals surface area contributed by atoms with E-state index in [1.54, 1.807) is 0 Å². The smallest absolute Gasteiger partial charge is 0.142 e. The van der Waals surface area contributed by atoms with Crippen molar-refractivity contribution in [2.24, 2.45) is 0 Å². The van der Waals surface area contributed by atoms with Crippen molar-refractivity contribution in [3.63, 3.8) is 0 Å². The van der Waals surface area contributed by atoms with Gasteiger partial charge in [-0.2, -0.15) is 0 Å². The van der Waals surface area contributed by atoms with Crippen molar-refractivity contribution in [1.29, 1.82) is 0 Å². The molecule has 0 saturated heterocycles. The molecule has 0 aromatic heterocycles. The zero-order chi connectivity index (χ0) is 15.0. The van der Waals surface area contributed by atoms with Gasteiger partial charge in [0.05, 0.1) is 10.4 Å². The van der Waals surface area contributed by atoms with Crippen molar-refractivity contribution in [3.8, 4) is 0 Å². The summed E-state index contributed by atoms with van der Waals surface area (Å²) in [6, 6.07) is 4.24. The first-order valence-corrected chi connectivity index (χ1v) is 6.74. The zero-order valence-corrected chi connectivity index (χ0v) is 12.4. The van der Waals surface area contributed by atoms with Crippen molar-refractivity contribution >= 4 is 34.8 Å². The molecule has 0 spiro atoms. The number of alkyl halides is 1. The highest BCUT2D eigenvalue weighted by Crippen LogP contribution is 2.37. The molecule has 0 radical (unpaired) electrons. The first-order valence-electron chi connectivity index (χ1n) is 5.55. The molecule has 0 aliphatic heterocycles. The fourth-order valence-corrected chi connectivity index (χ4v) is 2.59. The third-order valence-electron chi connectivity index (χ3n) is 2.86. The monoisotopic (exact) mass is 338 g/mol. The number of rotatable bonds is 2. The maximum Gasteiger partial charge on any atom is 0.142 e. The van der Waals surface area contributed by atoms with E-state index in [0.29, 0.717) is 11.1 Å². The third-order valence-corrected chi connectivity index (χ3v) is 3.95. The van der Waals surface area contributed by atoms with Gasteiger partial charge in [0.15, 0.2) is 0 Å². The van der Waals surface area contributed by atoms with E-state index in [-0.39, 0.29) is 15.6 Å². The molecule has 2 rings (SSSR count). The normalized spacial score (nSPS) is 12.6. The van der Waals surface area contributed by atoms with Crippen molar-refractivity contribution in [3.05, 3.63) is 68.5 Å².